The number of hydrogen-bond acceptors (Lipinski definition) is 7. The number of nitrogens with zero attached hydrogens (tertiary/aromatic N) is 3. The number of aryl methyl sites for hydroxylation is 1. The van der Waals surface area contributed by atoms with Crippen LogP contribution >= 0.6 is 11.3 Å². The first-order chi connectivity index (χ1) is 9.22. The number of nitrogens with two attached hydrogens (primary N) is 1. The first-order valence-electron chi connectivity index (χ1n) is 6.40. The molecule has 0 amide bonds. The molecule has 0 aromatic carbocycles. The summed E-state index contributed by atoms with van der Waals surface area (Å²) in [5, 5.41) is 4.53. The summed E-state index contributed by atoms with van der Waals surface area (Å²) < 4.78 is 11.0. The van der Waals surface area contributed by atoms with E-state index in [1.165, 1.54) is 17.8 Å². The number of ether oxygens (including phenoxy) is 1. The summed E-state index contributed by atoms with van der Waals surface area (Å²) in [5.74, 6) is 1.19. The molecule has 1 fully saturated rings. The van der Waals surface area contributed by atoms with E-state index in [0.717, 1.165) is 30.0 Å². The normalized spacial score (nSPS) is 19.7. The third-order valence-electron chi connectivity index (χ3n) is 3.16. The fraction of sp³-hybridized carbons (Fsp3) is 0.583. The van der Waals surface area contributed by atoms with Crippen molar-refractivity contribution in [3.8, 4) is 10.8 Å². The van der Waals surface area contributed by atoms with Gasteiger partial charge in [0, 0.05) is 13.0 Å². The molecule has 2 aromatic rings. The average molecular weight is 280 g/mol. The minimum absolute atomic E-state index is 0.215. The Balaban J connectivity index is 1.74. The SMILES string of the molecule is Cc1nc(N)sc1-c1nc(CC2CCCCO2)no1. The summed E-state index contributed by atoms with van der Waals surface area (Å²) in [4.78, 5) is 9.41. The first kappa shape index (κ1) is 12.6. The Morgan fingerprint density at radius 2 is 2.26 bits per heavy atom. The van der Waals surface area contributed by atoms with Gasteiger partial charge in [-0.25, -0.2) is 4.98 Å². The van der Waals surface area contributed by atoms with E-state index in [1.807, 2.05) is 6.92 Å². The molecule has 3 heterocycles. The van der Waals surface area contributed by atoms with E-state index < -0.39 is 0 Å². The number of aromatic nitrogens is 3. The van der Waals surface area contributed by atoms with Crippen LogP contribution in [0.3, 0.4) is 0 Å². The zero-order valence-corrected chi connectivity index (χ0v) is 11.6. The molecule has 1 atom stereocenters. The molecule has 1 saturated heterocycles. The number of thiazole rings is 1. The van der Waals surface area contributed by atoms with Crippen LogP contribution in [0.4, 0.5) is 5.13 Å². The first-order valence-corrected chi connectivity index (χ1v) is 7.21. The van der Waals surface area contributed by atoms with Crippen LogP contribution in [0.25, 0.3) is 10.8 Å². The predicted molar refractivity (Wildman–Crippen MR) is 71.9 cm³/mol. The Bertz CT molecular complexity index is 560. The summed E-state index contributed by atoms with van der Waals surface area (Å²) in [6.07, 6.45) is 4.34. The molecule has 1 aliphatic rings. The fourth-order valence-corrected chi connectivity index (χ4v) is 2.97. The number of hydrogen-bond donors (Lipinski definition) is 1. The molecular formula is C12H16N4O2S. The number of rotatable bonds is 3. The summed E-state index contributed by atoms with van der Waals surface area (Å²) in [5.41, 5.74) is 6.50. The van der Waals surface area contributed by atoms with E-state index in [0.29, 0.717) is 23.3 Å². The Hall–Kier alpha value is -1.47. The molecule has 2 aromatic heterocycles. The van der Waals surface area contributed by atoms with Crippen LogP contribution in [0.1, 0.15) is 30.8 Å². The summed E-state index contributed by atoms with van der Waals surface area (Å²) in [6.45, 7) is 2.72. The van der Waals surface area contributed by atoms with Crippen molar-refractivity contribution in [1.29, 1.82) is 0 Å². The topological polar surface area (TPSA) is 87.1 Å². The molecule has 0 spiro atoms. The van der Waals surface area contributed by atoms with Gasteiger partial charge in [0.15, 0.2) is 11.0 Å². The Morgan fingerprint density at radius 3 is 2.95 bits per heavy atom. The van der Waals surface area contributed by atoms with E-state index in [1.54, 1.807) is 0 Å². The van der Waals surface area contributed by atoms with Crippen LogP contribution in [0.5, 0.6) is 0 Å². The van der Waals surface area contributed by atoms with Crippen LogP contribution in [-0.4, -0.2) is 27.8 Å². The van der Waals surface area contributed by atoms with Gasteiger partial charge in [0.05, 0.1) is 11.8 Å². The molecule has 0 radical (unpaired) electrons. The van der Waals surface area contributed by atoms with Crippen LogP contribution in [0.15, 0.2) is 4.52 Å². The van der Waals surface area contributed by atoms with Crippen molar-refractivity contribution in [3.05, 3.63) is 11.5 Å². The number of nitrogen functional groups attached to an aromatic ring is 1. The summed E-state index contributed by atoms with van der Waals surface area (Å²) >= 11 is 1.37. The van der Waals surface area contributed by atoms with Gasteiger partial charge in [-0.15, -0.1) is 0 Å². The van der Waals surface area contributed by atoms with Crippen molar-refractivity contribution in [2.24, 2.45) is 0 Å². The van der Waals surface area contributed by atoms with Gasteiger partial charge in [0.25, 0.3) is 5.89 Å². The van der Waals surface area contributed by atoms with Crippen LogP contribution in [0, 0.1) is 6.92 Å². The molecule has 3 rings (SSSR count). The van der Waals surface area contributed by atoms with Gasteiger partial charge in [-0.1, -0.05) is 16.5 Å². The maximum absolute atomic E-state index is 5.67. The molecule has 2 N–H and O–H groups in total. The van der Waals surface area contributed by atoms with Gasteiger partial charge in [-0.05, 0) is 26.2 Å². The van der Waals surface area contributed by atoms with Gasteiger partial charge in [0.1, 0.15) is 4.88 Å². The molecule has 1 unspecified atom stereocenters. The molecular weight excluding hydrogens is 264 g/mol. The minimum Gasteiger partial charge on any atom is -0.378 e. The standard InChI is InChI=1S/C12H16N4O2S/c1-7-10(19-12(13)14-7)11-15-9(16-18-11)6-8-4-2-3-5-17-8/h8H,2-6H2,1H3,(H2,13,14). The monoisotopic (exact) mass is 280 g/mol. The van der Waals surface area contributed by atoms with Gasteiger partial charge in [-0.2, -0.15) is 4.98 Å². The predicted octanol–water partition coefficient (Wildman–Crippen LogP) is 2.20. The van der Waals surface area contributed by atoms with Crippen molar-refractivity contribution >= 4 is 16.5 Å². The third-order valence-corrected chi connectivity index (χ3v) is 4.13. The van der Waals surface area contributed by atoms with E-state index in [4.69, 9.17) is 15.0 Å². The average Bonchev–Trinajstić information content (AvgIpc) is 2.97. The van der Waals surface area contributed by atoms with Crippen LogP contribution < -0.4 is 5.73 Å². The second-order valence-corrected chi connectivity index (χ2v) is 5.71. The smallest absolute Gasteiger partial charge is 0.269 e. The lowest BCUT2D eigenvalue weighted by Crippen LogP contribution is -2.21. The van der Waals surface area contributed by atoms with Gasteiger partial charge in [-0.3, -0.25) is 0 Å². The highest BCUT2D eigenvalue weighted by molar-refractivity contribution is 7.18. The van der Waals surface area contributed by atoms with Crippen molar-refractivity contribution in [3.63, 3.8) is 0 Å². The molecule has 102 valence electrons. The molecule has 7 heteroatoms. The Morgan fingerprint density at radius 1 is 1.37 bits per heavy atom. The van der Waals surface area contributed by atoms with Gasteiger partial charge in [0.2, 0.25) is 0 Å². The van der Waals surface area contributed by atoms with Crippen LogP contribution in [0.2, 0.25) is 0 Å². The summed E-state index contributed by atoms with van der Waals surface area (Å²) in [6, 6.07) is 0. The van der Waals surface area contributed by atoms with Gasteiger partial charge < -0.3 is 15.0 Å². The highest BCUT2D eigenvalue weighted by Gasteiger charge is 2.20. The molecule has 6 nitrogen and oxygen atoms in total. The lowest BCUT2D eigenvalue weighted by Gasteiger charge is -2.20. The third kappa shape index (κ3) is 2.76. The van der Waals surface area contributed by atoms with E-state index in [2.05, 4.69) is 15.1 Å². The summed E-state index contributed by atoms with van der Waals surface area (Å²) in [7, 11) is 0. The van der Waals surface area contributed by atoms with E-state index in [9.17, 15) is 0 Å². The lowest BCUT2D eigenvalue weighted by atomic mass is 10.1. The van der Waals surface area contributed by atoms with E-state index >= 15 is 0 Å². The fourth-order valence-electron chi connectivity index (χ4n) is 2.22. The van der Waals surface area contributed by atoms with Crippen molar-refractivity contribution < 1.29 is 9.26 Å². The molecule has 0 bridgehead atoms. The lowest BCUT2D eigenvalue weighted by molar-refractivity contribution is 0.0153. The quantitative estimate of drug-likeness (QED) is 0.927. The highest BCUT2D eigenvalue weighted by Crippen LogP contribution is 2.30. The largest absolute Gasteiger partial charge is 0.378 e. The second kappa shape index (κ2) is 5.26. The Kier molecular flexibility index (Phi) is 3.48. The number of anilines is 1. The molecule has 19 heavy (non-hydrogen) atoms. The minimum atomic E-state index is 0.215. The van der Waals surface area contributed by atoms with Crippen molar-refractivity contribution in [2.45, 2.75) is 38.7 Å². The van der Waals surface area contributed by atoms with Crippen molar-refractivity contribution in [1.82, 2.24) is 15.1 Å². The second-order valence-electron chi connectivity index (χ2n) is 4.68. The maximum Gasteiger partial charge on any atom is 0.269 e. The Labute approximate surface area is 115 Å². The molecule has 1 aliphatic heterocycles. The van der Waals surface area contributed by atoms with Gasteiger partial charge >= 0.3 is 0 Å². The molecule has 0 saturated carbocycles. The zero-order valence-electron chi connectivity index (χ0n) is 10.8. The van der Waals surface area contributed by atoms with Crippen molar-refractivity contribution in [2.75, 3.05) is 12.3 Å². The van der Waals surface area contributed by atoms with Crippen LogP contribution in [-0.2, 0) is 11.2 Å². The van der Waals surface area contributed by atoms with E-state index in [-0.39, 0.29) is 6.10 Å². The zero-order chi connectivity index (χ0) is 13.2. The maximum atomic E-state index is 5.67. The highest BCUT2D eigenvalue weighted by atomic mass is 32.1. The molecule has 0 aliphatic carbocycles.